The molecule has 0 atom stereocenters. The summed E-state index contributed by atoms with van der Waals surface area (Å²) in [5.41, 5.74) is 4.63. The number of aryl methyl sites for hydroxylation is 3. The Morgan fingerprint density at radius 3 is 2.17 bits per heavy atom. The average Bonchev–Trinajstić information content (AvgIpc) is 2.69. The monoisotopic (exact) mass is 425 g/mol. The number of ketones is 1. The van der Waals surface area contributed by atoms with Gasteiger partial charge in [-0.05, 0) is 50.5 Å². The van der Waals surface area contributed by atoms with Crippen LogP contribution in [0.15, 0.2) is 51.3 Å². The van der Waals surface area contributed by atoms with Crippen molar-refractivity contribution in [3.05, 3.63) is 58.7 Å². The molecule has 160 valence electrons. The third-order valence-corrected chi connectivity index (χ3v) is 6.10. The second-order valence-electron chi connectivity index (χ2n) is 7.61. The van der Waals surface area contributed by atoms with Crippen molar-refractivity contribution < 1.29 is 14.4 Å². The highest BCUT2D eigenvalue weighted by Gasteiger charge is 2.16. The molecule has 4 nitrogen and oxygen atoms in total. The van der Waals surface area contributed by atoms with Crippen LogP contribution in [0.4, 0.5) is 0 Å². The summed E-state index contributed by atoms with van der Waals surface area (Å²) in [7, 11) is 0. The Morgan fingerprint density at radius 1 is 0.967 bits per heavy atom. The molecule has 0 unspecified atom stereocenters. The number of benzene rings is 2. The van der Waals surface area contributed by atoms with Gasteiger partial charge >= 0.3 is 5.97 Å². The van der Waals surface area contributed by atoms with Crippen LogP contribution in [0.5, 0.6) is 0 Å². The Morgan fingerprint density at radius 2 is 1.60 bits per heavy atom. The number of nitrogens with zero attached hydrogens (tertiary/aromatic N) is 1. The Hall–Kier alpha value is -2.40. The molecule has 2 aromatic carbocycles. The van der Waals surface area contributed by atoms with Crippen LogP contribution in [0.1, 0.15) is 68.2 Å². The highest BCUT2D eigenvalue weighted by Crippen LogP contribution is 2.33. The van der Waals surface area contributed by atoms with Gasteiger partial charge in [0.2, 0.25) is 0 Å². The number of oxime groups is 1. The van der Waals surface area contributed by atoms with E-state index in [4.69, 9.17) is 4.84 Å². The largest absolute Gasteiger partial charge is 0.332 e. The van der Waals surface area contributed by atoms with Crippen molar-refractivity contribution in [3.63, 3.8) is 0 Å². The van der Waals surface area contributed by atoms with Crippen LogP contribution in [0.2, 0.25) is 0 Å². The van der Waals surface area contributed by atoms with Gasteiger partial charge < -0.3 is 4.84 Å². The van der Waals surface area contributed by atoms with E-state index in [1.807, 2.05) is 24.3 Å². The molecule has 2 rings (SSSR count). The number of Topliss-reactive ketones (excluding diaryl/α,β-unsaturated/α-hetero) is 1. The molecule has 0 bridgehead atoms. The molecule has 0 heterocycles. The molecular formula is C25H31NO3S. The van der Waals surface area contributed by atoms with Gasteiger partial charge in [0.25, 0.3) is 0 Å². The van der Waals surface area contributed by atoms with Crippen molar-refractivity contribution in [3.8, 4) is 0 Å². The zero-order valence-corrected chi connectivity index (χ0v) is 19.4. The van der Waals surface area contributed by atoms with Crippen LogP contribution >= 0.6 is 11.8 Å². The first-order chi connectivity index (χ1) is 14.3. The van der Waals surface area contributed by atoms with Crippen LogP contribution in [-0.4, -0.2) is 17.5 Å². The van der Waals surface area contributed by atoms with Gasteiger partial charge in [-0.2, -0.15) is 0 Å². The lowest BCUT2D eigenvalue weighted by Crippen LogP contribution is -2.16. The molecule has 30 heavy (non-hydrogen) atoms. The van der Waals surface area contributed by atoms with Crippen LogP contribution in [0.25, 0.3) is 0 Å². The highest BCUT2D eigenvalue weighted by molar-refractivity contribution is 7.99. The second kappa shape index (κ2) is 11.7. The molecule has 0 aliphatic rings. The molecule has 0 fully saturated rings. The van der Waals surface area contributed by atoms with E-state index in [0.29, 0.717) is 12.0 Å². The predicted molar refractivity (Wildman–Crippen MR) is 123 cm³/mol. The highest BCUT2D eigenvalue weighted by atomic mass is 32.2. The van der Waals surface area contributed by atoms with Gasteiger partial charge in [0.1, 0.15) is 0 Å². The van der Waals surface area contributed by atoms with Gasteiger partial charge in [0, 0.05) is 28.7 Å². The molecule has 0 spiro atoms. The summed E-state index contributed by atoms with van der Waals surface area (Å²) in [6.45, 7) is 9.76. The van der Waals surface area contributed by atoms with Crippen molar-refractivity contribution >= 4 is 29.2 Å². The van der Waals surface area contributed by atoms with E-state index >= 15 is 0 Å². The van der Waals surface area contributed by atoms with Crippen molar-refractivity contribution in [1.29, 1.82) is 0 Å². The van der Waals surface area contributed by atoms with E-state index in [1.54, 1.807) is 11.8 Å². The van der Waals surface area contributed by atoms with E-state index in [9.17, 15) is 9.59 Å². The number of hydrogen-bond donors (Lipinski definition) is 0. The summed E-state index contributed by atoms with van der Waals surface area (Å²) >= 11 is 1.71. The fourth-order valence-electron chi connectivity index (χ4n) is 3.33. The Balaban J connectivity index is 2.19. The molecule has 0 aliphatic heterocycles. The van der Waals surface area contributed by atoms with E-state index in [2.05, 4.69) is 45.0 Å². The molecule has 2 aromatic rings. The van der Waals surface area contributed by atoms with Crippen molar-refractivity contribution in [2.75, 3.05) is 0 Å². The Kier molecular flexibility index (Phi) is 9.31. The van der Waals surface area contributed by atoms with Crippen molar-refractivity contribution in [2.24, 2.45) is 5.16 Å². The van der Waals surface area contributed by atoms with E-state index in [-0.39, 0.29) is 11.5 Å². The van der Waals surface area contributed by atoms with Gasteiger partial charge in [-0.15, -0.1) is 0 Å². The van der Waals surface area contributed by atoms with Gasteiger partial charge in [-0.25, -0.2) is 4.79 Å². The summed E-state index contributed by atoms with van der Waals surface area (Å²) in [6, 6.07) is 12.1. The first-order valence-electron chi connectivity index (χ1n) is 10.5. The minimum Gasteiger partial charge on any atom is -0.318 e. The third-order valence-electron chi connectivity index (χ3n) is 4.74. The van der Waals surface area contributed by atoms with E-state index in [0.717, 1.165) is 30.6 Å². The lowest BCUT2D eigenvalue weighted by molar-refractivity contribution is -0.140. The summed E-state index contributed by atoms with van der Waals surface area (Å²) in [4.78, 5) is 31.0. The standard InChI is InChI=1S/C25H31NO3S/c1-6-7-8-9-10-23(28)24(26-29-20(5)27)21-11-13-22(14-12-21)30-25-18(3)15-17(2)16-19(25)4/h11-16H,6-10H2,1-5H3. The smallest absolute Gasteiger partial charge is 0.318 e. The maximum absolute atomic E-state index is 12.7. The van der Waals surface area contributed by atoms with E-state index in [1.165, 1.54) is 28.5 Å². The van der Waals surface area contributed by atoms with Crippen molar-refractivity contribution in [2.45, 2.75) is 76.5 Å². The first-order valence-corrected chi connectivity index (χ1v) is 11.3. The number of carbonyl (C=O) groups is 2. The molecule has 5 heteroatoms. The Labute approximate surface area is 184 Å². The lowest BCUT2D eigenvalue weighted by Gasteiger charge is -2.11. The molecule has 0 radical (unpaired) electrons. The molecule has 0 saturated heterocycles. The summed E-state index contributed by atoms with van der Waals surface area (Å²) in [5.74, 6) is -0.637. The number of carbonyl (C=O) groups excluding carboxylic acids is 2. The maximum atomic E-state index is 12.7. The summed E-state index contributed by atoms with van der Waals surface area (Å²) in [6.07, 6.45) is 4.44. The number of hydrogen-bond acceptors (Lipinski definition) is 5. The van der Waals surface area contributed by atoms with Gasteiger partial charge in [-0.1, -0.05) is 72.9 Å². The van der Waals surface area contributed by atoms with Gasteiger partial charge in [-0.3, -0.25) is 4.79 Å². The van der Waals surface area contributed by atoms with Gasteiger partial charge in [0.05, 0.1) is 0 Å². The van der Waals surface area contributed by atoms with Crippen molar-refractivity contribution in [1.82, 2.24) is 0 Å². The van der Waals surface area contributed by atoms with Gasteiger partial charge in [0.15, 0.2) is 11.5 Å². The molecule has 0 aromatic heterocycles. The Bertz CT molecular complexity index is 893. The fraction of sp³-hybridized carbons (Fsp3) is 0.400. The van der Waals surface area contributed by atoms with Crippen LogP contribution < -0.4 is 0 Å². The fourth-order valence-corrected chi connectivity index (χ4v) is 4.28. The zero-order chi connectivity index (χ0) is 22.1. The third kappa shape index (κ3) is 7.13. The lowest BCUT2D eigenvalue weighted by atomic mass is 10.0. The molecule has 0 aliphatic carbocycles. The summed E-state index contributed by atoms with van der Waals surface area (Å²) in [5, 5.41) is 3.85. The summed E-state index contributed by atoms with van der Waals surface area (Å²) < 4.78 is 0. The van der Waals surface area contributed by atoms with Crippen LogP contribution in [0, 0.1) is 20.8 Å². The average molecular weight is 426 g/mol. The minimum atomic E-state index is -0.538. The zero-order valence-electron chi connectivity index (χ0n) is 18.6. The van der Waals surface area contributed by atoms with E-state index < -0.39 is 5.97 Å². The quantitative estimate of drug-likeness (QED) is 0.187. The maximum Gasteiger partial charge on any atom is 0.332 e. The topological polar surface area (TPSA) is 55.7 Å². The molecular weight excluding hydrogens is 394 g/mol. The normalized spacial score (nSPS) is 11.4. The number of unbranched alkanes of at least 4 members (excludes halogenated alkanes) is 3. The van der Waals surface area contributed by atoms with Crippen LogP contribution in [0.3, 0.4) is 0 Å². The molecule has 0 amide bonds. The minimum absolute atomic E-state index is 0.0991. The SMILES string of the molecule is CCCCCCC(=O)C(=NOC(C)=O)c1ccc(Sc2c(C)cc(C)cc2C)cc1. The second-order valence-corrected chi connectivity index (χ2v) is 8.69. The van der Waals surface area contributed by atoms with Crippen LogP contribution in [-0.2, 0) is 14.4 Å². The predicted octanol–water partition coefficient (Wildman–Crippen LogP) is 6.57. The first kappa shape index (κ1) is 23.9. The molecule has 0 N–H and O–H groups in total. The number of rotatable bonds is 10. The molecule has 0 saturated carbocycles.